The molecular weight excluding hydrogens is 384 g/mol. The Balaban J connectivity index is 1.59. The van der Waals surface area contributed by atoms with Gasteiger partial charge >= 0.3 is 5.97 Å². The number of thiazole rings is 1. The highest BCUT2D eigenvalue weighted by molar-refractivity contribution is 7.10. The second kappa shape index (κ2) is 10.3. The van der Waals surface area contributed by atoms with Crippen molar-refractivity contribution in [2.45, 2.75) is 64.3 Å². The molecule has 1 aliphatic heterocycles. The minimum Gasteiger partial charge on any atom is -0.476 e. The second-order valence-electron chi connectivity index (χ2n) is 7.45. The summed E-state index contributed by atoms with van der Waals surface area (Å²) in [6.45, 7) is 2.22. The predicted octanol–water partition coefficient (Wildman–Crippen LogP) is 5.56. The average Bonchev–Trinajstić information content (AvgIpc) is 3.33. The van der Waals surface area contributed by atoms with Crippen LogP contribution in [-0.2, 0) is 11.2 Å². The highest BCUT2D eigenvalue weighted by Crippen LogP contribution is 2.29. The lowest BCUT2D eigenvalue weighted by Gasteiger charge is -2.24. The predicted molar refractivity (Wildman–Crippen MR) is 118 cm³/mol. The Labute approximate surface area is 176 Å². The Morgan fingerprint density at radius 2 is 2.07 bits per heavy atom. The van der Waals surface area contributed by atoms with Crippen LogP contribution in [0.2, 0.25) is 0 Å². The lowest BCUT2D eigenvalue weighted by atomic mass is 10.1. The van der Waals surface area contributed by atoms with Crippen LogP contribution in [0.5, 0.6) is 0 Å². The summed E-state index contributed by atoms with van der Waals surface area (Å²) in [5.74, 6) is -0.844. The fourth-order valence-corrected chi connectivity index (χ4v) is 4.40. The number of carboxylic acid groups (broad SMARTS) is 1. The van der Waals surface area contributed by atoms with Crippen LogP contribution in [0, 0.1) is 0 Å². The van der Waals surface area contributed by atoms with Crippen molar-refractivity contribution >= 4 is 35.0 Å². The topological polar surface area (TPSA) is 70.5 Å². The zero-order valence-electron chi connectivity index (χ0n) is 16.8. The highest BCUT2D eigenvalue weighted by Gasteiger charge is 2.31. The van der Waals surface area contributed by atoms with Gasteiger partial charge in [0.1, 0.15) is 5.01 Å². The van der Waals surface area contributed by atoms with E-state index < -0.39 is 5.97 Å². The summed E-state index contributed by atoms with van der Waals surface area (Å²) in [4.78, 5) is 29.3. The maximum absolute atomic E-state index is 12.5. The number of rotatable bonds is 10. The van der Waals surface area contributed by atoms with Gasteiger partial charge in [-0.1, -0.05) is 44.4 Å². The molecule has 0 saturated carbocycles. The second-order valence-corrected chi connectivity index (χ2v) is 8.34. The number of carboxylic acids is 1. The molecule has 154 valence electrons. The minimum absolute atomic E-state index is 0.0714. The van der Waals surface area contributed by atoms with Crippen molar-refractivity contribution in [3.63, 3.8) is 0 Å². The molecule has 2 heterocycles. The van der Waals surface area contributed by atoms with Gasteiger partial charge in [-0.2, -0.15) is 0 Å². The fraction of sp³-hybridized carbons (Fsp3) is 0.435. The van der Waals surface area contributed by atoms with Crippen molar-refractivity contribution in [3.05, 3.63) is 52.0 Å². The monoisotopic (exact) mass is 412 g/mol. The zero-order chi connectivity index (χ0) is 20.6. The molecule has 2 aromatic rings. The highest BCUT2D eigenvalue weighted by atomic mass is 32.1. The molecule has 0 radical (unpaired) electrons. The molecular formula is C23H28N2O3S. The number of carbonyl (C=O) groups excluding carboxylic acids is 1. The summed E-state index contributed by atoms with van der Waals surface area (Å²) in [7, 11) is 0. The van der Waals surface area contributed by atoms with Crippen molar-refractivity contribution in [3.8, 4) is 0 Å². The van der Waals surface area contributed by atoms with Crippen LogP contribution in [0.3, 0.4) is 0 Å². The lowest BCUT2D eigenvalue weighted by Crippen LogP contribution is -2.32. The van der Waals surface area contributed by atoms with Gasteiger partial charge in [0, 0.05) is 23.5 Å². The summed E-state index contributed by atoms with van der Waals surface area (Å²) in [6, 6.07) is 8.54. The van der Waals surface area contributed by atoms with Crippen molar-refractivity contribution < 1.29 is 14.7 Å². The first-order valence-corrected chi connectivity index (χ1v) is 11.2. The van der Waals surface area contributed by atoms with Gasteiger partial charge in [-0.3, -0.25) is 4.79 Å². The number of aryl methyl sites for hydroxylation is 1. The van der Waals surface area contributed by atoms with E-state index in [1.54, 1.807) is 0 Å². The normalized spacial score (nSPS) is 16.8. The third-order valence-corrected chi connectivity index (χ3v) is 6.08. The summed E-state index contributed by atoms with van der Waals surface area (Å²) in [5, 5.41) is 11.2. The summed E-state index contributed by atoms with van der Waals surface area (Å²) >= 11 is 1.31. The molecule has 1 atom stereocenters. The van der Waals surface area contributed by atoms with E-state index in [1.165, 1.54) is 48.0 Å². The van der Waals surface area contributed by atoms with Gasteiger partial charge < -0.3 is 10.0 Å². The van der Waals surface area contributed by atoms with Crippen LogP contribution >= 0.6 is 11.3 Å². The quantitative estimate of drug-likeness (QED) is 0.518. The van der Waals surface area contributed by atoms with E-state index >= 15 is 0 Å². The number of hydrogen-bond donors (Lipinski definition) is 1. The first kappa shape index (κ1) is 21.2. The maximum atomic E-state index is 12.5. The average molecular weight is 413 g/mol. The van der Waals surface area contributed by atoms with Gasteiger partial charge in [0.25, 0.3) is 0 Å². The van der Waals surface area contributed by atoms with Crippen LogP contribution in [0.15, 0.2) is 35.7 Å². The number of hydrogen-bond acceptors (Lipinski definition) is 4. The van der Waals surface area contributed by atoms with Gasteiger partial charge in [0.05, 0.1) is 0 Å². The fourth-order valence-electron chi connectivity index (χ4n) is 3.69. The Kier molecular flexibility index (Phi) is 7.58. The van der Waals surface area contributed by atoms with Crippen LogP contribution in [0.1, 0.15) is 72.9 Å². The first-order chi connectivity index (χ1) is 14.1. The number of aromatic carboxylic acids is 1. The summed E-state index contributed by atoms with van der Waals surface area (Å²) < 4.78 is 0. The Bertz CT molecular complexity index is 857. The molecule has 0 unspecified atom stereocenters. The van der Waals surface area contributed by atoms with E-state index in [0.717, 1.165) is 24.9 Å². The third kappa shape index (κ3) is 5.76. The molecule has 1 aliphatic rings. The molecule has 0 bridgehead atoms. The molecule has 3 rings (SSSR count). The van der Waals surface area contributed by atoms with Crippen molar-refractivity contribution in [1.82, 2.24) is 4.98 Å². The van der Waals surface area contributed by atoms with Crippen molar-refractivity contribution in [1.29, 1.82) is 0 Å². The lowest BCUT2D eigenvalue weighted by molar-refractivity contribution is -0.117. The van der Waals surface area contributed by atoms with Crippen LogP contribution in [-0.4, -0.2) is 28.0 Å². The molecule has 0 spiro atoms. The van der Waals surface area contributed by atoms with E-state index in [-0.39, 0.29) is 17.6 Å². The van der Waals surface area contributed by atoms with Gasteiger partial charge in [0.2, 0.25) is 5.91 Å². The van der Waals surface area contributed by atoms with E-state index in [1.807, 2.05) is 17.1 Å². The molecule has 29 heavy (non-hydrogen) atoms. The minimum atomic E-state index is -1.01. The molecule has 1 aromatic heterocycles. The standard InChI is InChI=1S/C23H28N2O3S/c1-2-3-4-5-7-17-10-12-19(13-11-17)25-18(14-15-22(25)26)8-6-9-21-24-20(16-29-21)23(27)28/h6,9-13,16,18H,2-5,7-8,14-15H2,1H3,(H,27,28)/b9-6+/t18-/m0/s1. The molecule has 1 aromatic carbocycles. The van der Waals surface area contributed by atoms with Crippen molar-refractivity contribution in [2.75, 3.05) is 4.90 Å². The molecule has 6 heteroatoms. The number of benzene rings is 1. The number of amides is 1. The van der Waals surface area contributed by atoms with Crippen LogP contribution in [0.4, 0.5) is 5.69 Å². The number of carbonyl (C=O) groups is 2. The number of anilines is 1. The smallest absolute Gasteiger partial charge is 0.355 e. The van der Waals surface area contributed by atoms with E-state index in [4.69, 9.17) is 5.11 Å². The van der Waals surface area contributed by atoms with Gasteiger partial charge in [-0.25, -0.2) is 9.78 Å². The molecule has 1 fully saturated rings. The van der Waals surface area contributed by atoms with Crippen molar-refractivity contribution in [2.24, 2.45) is 0 Å². The molecule has 5 nitrogen and oxygen atoms in total. The maximum Gasteiger partial charge on any atom is 0.355 e. The SMILES string of the molecule is CCCCCCc1ccc(N2C(=O)CC[C@@H]2C/C=C/c2nc(C(=O)O)cs2)cc1. The van der Waals surface area contributed by atoms with Gasteiger partial charge in [-0.05, 0) is 49.5 Å². The molecule has 1 amide bonds. The molecule has 0 aliphatic carbocycles. The van der Waals surface area contributed by atoms with E-state index in [2.05, 4.69) is 36.2 Å². The van der Waals surface area contributed by atoms with Crippen LogP contribution < -0.4 is 4.90 Å². The Morgan fingerprint density at radius 3 is 2.76 bits per heavy atom. The third-order valence-electron chi connectivity index (χ3n) is 5.27. The number of unbranched alkanes of at least 4 members (excludes halogenated alkanes) is 3. The number of aromatic nitrogens is 1. The summed E-state index contributed by atoms with van der Waals surface area (Å²) in [5.41, 5.74) is 2.36. The molecule has 1 N–H and O–H groups in total. The largest absolute Gasteiger partial charge is 0.476 e. The summed E-state index contributed by atoms with van der Waals surface area (Å²) in [6.07, 6.45) is 12.1. The van der Waals surface area contributed by atoms with Gasteiger partial charge in [-0.15, -0.1) is 11.3 Å². The Morgan fingerprint density at radius 1 is 1.28 bits per heavy atom. The van der Waals surface area contributed by atoms with Gasteiger partial charge in [0.15, 0.2) is 5.69 Å². The zero-order valence-corrected chi connectivity index (χ0v) is 17.7. The molecule has 1 saturated heterocycles. The Hall–Kier alpha value is -2.47. The van der Waals surface area contributed by atoms with E-state index in [9.17, 15) is 9.59 Å². The van der Waals surface area contributed by atoms with Crippen LogP contribution in [0.25, 0.3) is 6.08 Å². The first-order valence-electron chi connectivity index (χ1n) is 10.3. The number of nitrogens with zero attached hydrogens (tertiary/aromatic N) is 2. The van der Waals surface area contributed by atoms with E-state index in [0.29, 0.717) is 11.4 Å².